The van der Waals surface area contributed by atoms with Crippen molar-refractivity contribution in [3.63, 3.8) is 0 Å². The van der Waals surface area contributed by atoms with Gasteiger partial charge in [-0.1, -0.05) is 53.4 Å². The summed E-state index contributed by atoms with van der Waals surface area (Å²) in [5, 5.41) is 19.2. The van der Waals surface area contributed by atoms with Gasteiger partial charge in [0.25, 0.3) is 0 Å². The molecule has 15 heavy (non-hydrogen) atoms. The van der Waals surface area contributed by atoms with Crippen LogP contribution in [0.1, 0.15) is 59.8 Å². The van der Waals surface area contributed by atoms with E-state index in [0.29, 0.717) is 0 Å². The van der Waals surface area contributed by atoms with Crippen molar-refractivity contribution in [2.75, 3.05) is 0 Å². The van der Waals surface area contributed by atoms with Gasteiger partial charge in [0, 0.05) is 0 Å². The van der Waals surface area contributed by atoms with Crippen molar-refractivity contribution in [1.82, 2.24) is 0 Å². The van der Waals surface area contributed by atoms with E-state index in [0.717, 1.165) is 18.8 Å². The lowest BCUT2D eigenvalue weighted by Crippen LogP contribution is -2.30. The van der Waals surface area contributed by atoms with E-state index >= 15 is 0 Å². The normalized spacial score (nSPS) is 16.0. The number of hydrogen-bond acceptors (Lipinski definition) is 2. The number of aliphatic hydroxyl groups is 2. The van der Waals surface area contributed by atoms with Crippen molar-refractivity contribution in [1.29, 1.82) is 0 Å². The van der Waals surface area contributed by atoms with Gasteiger partial charge in [0.15, 0.2) is 0 Å². The van der Waals surface area contributed by atoms with Gasteiger partial charge < -0.3 is 10.2 Å². The minimum absolute atomic E-state index is 0.149. The number of rotatable bonds is 8. The Morgan fingerprint density at radius 1 is 0.800 bits per heavy atom. The Bertz CT molecular complexity index is 143. The average Bonchev–Trinajstić information content (AvgIpc) is 2.15. The molecular weight excluding hydrogens is 188 g/mol. The molecule has 0 fully saturated rings. The van der Waals surface area contributed by atoms with Gasteiger partial charge in [0.05, 0.1) is 12.2 Å². The first-order valence-corrected chi connectivity index (χ1v) is 6.31. The standard InChI is InChI=1S/C13H28O2/c1-10(2)8-6-5-7-9-12(14)13(15)11(3)4/h10-15H,5-9H2,1-4H3. The lowest BCUT2D eigenvalue weighted by Gasteiger charge is -2.20. The fraction of sp³-hybridized carbons (Fsp3) is 1.00. The van der Waals surface area contributed by atoms with Crippen LogP contribution in [-0.2, 0) is 0 Å². The molecule has 92 valence electrons. The third-order valence-corrected chi connectivity index (χ3v) is 2.86. The highest BCUT2D eigenvalue weighted by atomic mass is 16.3. The first-order valence-electron chi connectivity index (χ1n) is 6.31. The molecule has 2 nitrogen and oxygen atoms in total. The van der Waals surface area contributed by atoms with Gasteiger partial charge in [-0.2, -0.15) is 0 Å². The van der Waals surface area contributed by atoms with Crippen LogP contribution in [0.15, 0.2) is 0 Å². The lowest BCUT2D eigenvalue weighted by atomic mass is 9.97. The molecule has 0 radical (unpaired) electrons. The third kappa shape index (κ3) is 7.80. The van der Waals surface area contributed by atoms with E-state index < -0.39 is 12.2 Å². The SMILES string of the molecule is CC(C)CCCCCC(O)C(O)C(C)C. The summed E-state index contributed by atoms with van der Waals surface area (Å²) >= 11 is 0. The molecule has 0 saturated heterocycles. The molecule has 0 aliphatic heterocycles. The molecule has 0 amide bonds. The van der Waals surface area contributed by atoms with Crippen LogP contribution in [0.5, 0.6) is 0 Å². The largest absolute Gasteiger partial charge is 0.390 e. The lowest BCUT2D eigenvalue weighted by molar-refractivity contribution is -0.0132. The Morgan fingerprint density at radius 2 is 1.33 bits per heavy atom. The third-order valence-electron chi connectivity index (χ3n) is 2.86. The number of aliphatic hydroxyl groups excluding tert-OH is 2. The summed E-state index contributed by atoms with van der Waals surface area (Å²) in [5.74, 6) is 0.923. The molecule has 2 N–H and O–H groups in total. The van der Waals surface area contributed by atoms with Crippen molar-refractivity contribution >= 4 is 0 Å². The topological polar surface area (TPSA) is 40.5 Å². The highest BCUT2D eigenvalue weighted by molar-refractivity contribution is 4.70. The maximum atomic E-state index is 9.65. The Balaban J connectivity index is 3.42. The molecule has 0 saturated carbocycles. The molecule has 2 unspecified atom stereocenters. The van der Waals surface area contributed by atoms with Crippen molar-refractivity contribution in [2.45, 2.75) is 72.0 Å². The van der Waals surface area contributed by atoms with E-state index in [-0.39, 0.29) is 5.92 Å². The van der Waals surface area contributed by atoms with Crippen molar-refractivity contribution < 1.29 is 10.2 Å². The molecule has 0 rings (SSSR count). The maximum absolute atomic E-state index is 9.65. The van der Waals surface area contributed by atoms with E-state index in [4.69, 9.17) is 0 Å². The molecule has 0 spiro atoms. The summed E-state index contributed by atoms with van der Waals surface area (Å²) in [6, 6.07) is 0. The zero-order chi connectivity index (χ0) is 11.8. The second-order valence-corrected chi connectivity index (χ2v) is 5.33. The van der Waals surface area contributed by atoms with Crippen LogP contribution in [-0.4, -0.2) is 22.4 Å². The van der Waals surface area contributed by atoms with Crippen LogP contribution >= 0.6 is 0 Å². The smallest absolute Gasteiger partial charge is 0.0821 e. The van der Waals surface area contributed by atoms with Gasteiger partial charge in [-0.15, -0.1) is 0 Å². The van der Waals surface area contributed by atoms with Gasteiger partial charge in [-0.25, -0.2) is 0 Å². The van der Waals surface area contributed by atoms with Crippen molar-refractivity contribution in [3.05, 3.63) is 0 Å². The number of hydrogen-bond donors (Lipinski definition) is 2. The molecule has 0 aliphatic carbocycles. The Hall–Kier alpha value is -0.0800. The molecule has 0 aromatic rings. The van der Waals surface area contributed by atoms with Crippen LogP contribution in [0.4, 0.5) is 0 Å². The molecule has 0 bridgehead atoms. The Morgan fingerprint density at radius 3 is 1.80 bits per heavy atom. The first kappa shape index (κ1) is 14.9. The summed E-state index contributed by atoms with van der Waals surface area (Å²) in [6.45, 7) is 8.34. The van der Waals surface area contributed by atoms with Gasteiger partial charge in [0.1, 0.15) is 0 Å². The predicted octanol–water partition coefficient (Wildman–Crippen LogP) is 2.97. The van der Waals surface area contributed by atoms with Gasteiger partial charge >= 0.3 is 0 Å². The molecule has 0 aromatic heterocycles. The second kappa shape index (κ2) is 8.12. The Labute approximate surface area is 94.7 Å². The van der Waals surface area contributed by atoms with E-state index in [1.165, 1.54) is 19.3 Å². The molecule has 0 aliphatic rings. The average molecular weight is 216 g/mol. The van der Waals surface area contributed by atoms with Crippen molar-refractivity contribution in [2.24, 2.45) is 11.8 Å². The van der Waals surface area contributed by atoms with Crippen LogP contribution in [0.3, 0.4) is 0 Å². The fourth-order valence-electron chi connectivity index (χ4n) is 1.70. The Kier molecular flexibility index (Phi) is 8.07. The first-order chi connectivity index (χ1) is 6.95. The minimum atomic E-state index is -0.560. The summed E-state index contributed by atoms with van der Waals surface area (Å²) in [5.41, 5.74) is 0. The maximum Gasteiger partial charge on any atom is 0.0821 e. The van der Waals surface area contributed by atoms with E-state index in [2.05, 4.69) is 13.8 Å². The molecule has 2 atom stereocenters. The number of unbranched alkanes of at least 4 members (excludes halogenated alkanes) is 2. The summed E-state index contributed by atoms with van der Waals surface area (Å²) in [4.78, 5) is 0. The fourth-order valence-corrected chi connectivity index (χ4v) is 1.70. The highest BCUT2D eigenvalue weighted by Crippen LogP contribution is 2.14. The van der Waals surface area contributed by atoms with Crippen LogP contribution < -0.4 is 0 Å². The van der Waals surface area contributed by atoms with Crippen LogP contribution in [0, 0.1) is 11.8 Å². The van der Waals surface area contributed by atoms with Crippen LogP contribution in [0.25, 0.3) is 0 Å². The molecule has 0 aromatic carbocycles. The predicted molar refractivity (Wildman–Crippen MR) is 64.8 cm³/mol. The summed E-state index contributed by atoms with van der Waals surface area (Å²) < 4.78 is 0. The zero-order valence-electron chi connectivity index (χ0n) is 10.7. The zero-order valence-corrected chi connectivity index (χ0v) is 10.7. The van der Waals surface area contributed by atoms with E-state index in [1.807, 2.05) is 13.8 Å². The molecule has 0 heterocycles. The van der Waals surface area contributed by atoms with E-state index in [1.54, 1.807) is 0 Å². The second-order valence-electron chi connectivity index (χ2n) is 5.33. The molecule has 2 heteroatoms. The molecular formula is C13H28O2. The van der Waals surface area contributed by atoms with E-state index in [9.17, 15) is 10.2 Å². The highest BCUT2D eigenvalue weighted by Gasteiger charge is 2.18. The quantitative estimate of drug-likeness (QED) is 0.612. The van der Waals surface area contributed by atoms with Gasteiger partial charge in [-0.05, 0) is 18.3 Å². The van der Waals surface area contributed by atoms with Gasteiger partial charge in [0.2, 0.25) is 0 Å². The minimum Gasteiger partial charge on any atom is -0.390 e. The summed E-state index contributed by atoms with van der Waals surface area (Å²) in [7, 11) is 0. The van der Waals surface area contributed by atoms with Gasteiger partial charge in [-0.3, -0.25) is 0 Å². The van der Waals surface area contributed by atoms with Crippen molar-refractivity contribution in [3.8, 4) is 0 Å². The monoisotopic (exact) mass is 216 g/mol. The summed E-state index contributed by atoms with van der Waals surface area (Å²) in [6.07, 6.45) is 4.33. The van der Waals surface area contributed by atoms with Crippen LogP contribution in [0.2, 0.25) is 0 Å².